The number of hydrogen-bond acceptors (Lipinski definition) is 2. The molecule has 0 radical (unpaired) electrons. The third-order valence-corrected chi connectivity index (χ3v) is 3.92. The molecule has 1 aliphatic heterocycles. The van der Waals surface area contributed by atoms with Gasteiger partial charge in [0.2, 0.25) is 0 Å². The Bertz CT molecular complexity index is 369. The van der Waals surface area contributed by atoms with Crippen molar-refractivity contribution in [2.45, 2.75) is 45.7 Å². The van der Waals surface area contributed by atoms with Gasteiger partial charge in [0.15, 0.2) is 0 Å². The van der Waals surface area contributed by atoms with E-state index in [1.54, 1.807) is 0 Å². The first-order valence-corrected chi connectivity index (χ1v) is 7.21. The average molecular weight is 246 g/mol. The molecule has 0 spiro atoms. The third-order valence-electron chi connectivity index (χ3n) is 3.92. The quantitative estimate of drug-likeness (QED) is 0.858. The van der Waals surface area contributed by atoms with Crippen LogP contribution in [0.15, 0.2) is 24.3 Å². The number of benzene rings is 1. The first-order valence-electron chi connectivity index (χ1n) is 7.21. The second-order valence-corrected chi connectivity index (χ2v) is 5.65. The molecule has 1 aliphatic rings. The van der Waals surface area contributed by atoms with Gasteiger partial charge in [0.05, 0.1) is 0 Å². The minimum Gasteiger partial charge on any atom is -0.306 e. The zero-order valence-corrected chi connectivity index (χ0v) is 11.9. The highest BCUT2D eigenvalue weighted by Crippen LogP contribution is 2.17. The lowest BCUT2D eigenvalue weighted by atomic mass is 10.0. The summed E-state index contributed by atoms with van der Waals surface area (Å²) in [6.07, 6.45) is 2.75. The van der Waals surface area contributed by atoms with Gasteiger partial charge in [-0.05, 0) is 57.8 Å². The van der Waals surface area contributed by atoms with Gasteiger partial charge in [-0.1, -0.05) is 24.3 Å². The lowest BCUT2D eigenvalue weighted by Crippen LogP contribution is -2.39. The van der Waals surface area contributed by atoms with E-state index in [9.17, 15) is 0 Å². The molecule has 1 fully saturated rings. The van der Waals surface area contributed by atoms with Crippen LogP contribution in [0.2, 0.25) is 0 Å². The van der Waals surface area contributed by atoms with Crippen LogP contribution in [-0.4, -0.2) is 30.6 Å². The molecule has 100 valence electrons. The standard InChI is InChI=1S/C16H26N2/c1-13-8-4-5-9-16(13)15(3)17-14(2)12-18-10-6-7-11-18/h4-5,8-9,14-15,17H,6-7,10-12H2,1-3H3. The summed E-state index contributed by atoms with van der Waals surface area (Å²) < 4.78 is 0. The summed E-state index contributed by atoms with van der Waals surface area (Å²) in [5.41, 5.74) is 2.80. The van der Waals surface area contributed by atoms with Crippen LogP contribution in [-0.2, 0) is 0 Å². The highest BCUT2D eigenvalue weighted by molar-refractivity contribution is 5.28. The summed E-state index contributed by atoms with van der Waals surface area (Å²) in [5.74, 6) is 0. The van der Waals surface area contributed by atoms with Crippen molar-refractivity contribution in [3.8, 4) is 0 Å². The van der Waals surface area contributed by atoms with Crippen LogP contribution in [0.25, 0.3) is 0 Å². The molecule has 2 atom stereocenters. The van der Waals surface area contributed by atoms with Gasteiger partial charge in [-0.25, -0.2) is 0 Å². The van der Waals surface area contributed by atoms with Gasteiger partial charge in [0.25, 0.3) is 0 Å². The summed E-state index contributed by atoms with van der Waals surface area (Å²) in [6, 6.07) is 9.65. The summed E-state index contributed by atoms with van der Waals surface area (Å²) in [5, 5.41) is 3.72. The molecule has 1 aromatic rings. The molecule has 1 aromatic carbocycles. The zero-order valence-electron chi connectivity index (χ0n) is 11.9. The van der Waals surface area contributed by atoms with E-state index in [0.29, 0.717) is 12.1 Å². The lowest BCUT2D eigenvalue weighted by Gasteiger charge is -2.25. The lowest BCUT2D eigenvalue weighted by molar-refractivity contribution is 0.289. The van der Waals surface area contributed by atoms with Crippen molar-refractivity contribution < 1.29 is 0 Å². The molecule has 0 amide bonds. The fraction of sp³-hybridized carbons (Fsp3) is 0.625. The molecule has 2 nitrogen and oxygen atoms in total. The molecule has 1 saturated heterocycles. The van der Waals surface area contributed by atoms with E-state index in [4.69, 9.17) is 0 Å². The Morgan fingerprint density at radius 1 is 1.17 bits per heavy atom. The fourth-order valence-electron chi connectivity index (χ4n) is 2.99. The van der Waals surface area contributed by atoms with Gasteiger partial charge in [0, 0.05) is 18.6 Å². The van der Waals surface area contributed by atoms with E-state index in [1.807, 2.05) is 0 Å². The maximum absolute atomic E-state index is 3.72. The Morgan fingerprint density at radius 2 is 1.83 bits per heavy atom. The van der Waals surface area contributed by atoms with E-state index >= 15 is 0 Å². The van der Waals surface area contributed by atoms with Gasteiger partial charge < -0.3 is 10.2 Å². The van der Waals surface area contributed by atoms with Gasteiger partial charge in [-0.3, -0.25) is 0 Å². The Balaban J connectivity index is 1.86. The highest BCUT2D eigenvalue weighted by atomic mass is 15.2. The van der Waals surface area contributed by atoms with E-state index < -0.39 is 0 Å². The number of hydrogen-bond donors (Lipinski definition) is 1. The van der Waals surface area contributed by atoms with Crippen LogP contribution in [0, 0.1) is 6.92 Å². The van der Waals surface area contributed by atoms with Crippen LogP contribution in [0.4, 0.5) is 0 Å². The predicted octanol–water partition coefficient (Wildman–Crippen LogP) is 3.13. The molecule has 2 rings (SSSR count). The molecular weight excluding hydrogens is 220 g/mol. The number of rotatable bonds is 5. The Hall–Kier alpha value is -0.860. The van der Waals surface area contributed by atoms with E-state index in [0.717, 1.165) is 0 Å². The largest absolute Gasteiger partial charge is 0.306 e. The summed E-state index contributed by atoms with van der Waals surface area (Å²) >= 11 is 0. The van der Waals surface area contributed by atoms with Gasteiger partial charge in [-0.15, -0.1) is 0 Å². The SMILES string of the molecule is Cc1ccccc1C(C)NC(C)CN1CCCC1. The molecule has 0 aromatic heterocycles. The molecule has 18 heavy (non-hydrogen) atoms. The normalized spacial score (nSPS) is 19.9. The monoisotopic (exact) mass is 246 g/mol. The minimum atomic E-state index is 0.434. The van der Waals surface area contributed by atoms with E-state index in [2.05, 4.69) is 55.3 Å². The van der Waals surface area contributed by atoms with Crippen molar-refractivity contribution in [2.24, 2.45) is 0 Å². The molecule has 1 N–H and O–H groups in total. The topological polar surface area (TPSA) is 15.3 Å². The number of nitrogens with zero attached hydrogens (tertiary/aromatic N) is 1. The van der Waals surface area contributed by atoms with Crippen LogP contribution >= 0.6 is 0 Å². The smallest absolute Gasteiger partial charge is 0.0297 e. The van der Waals surface area contributed by atoms with Crippen LogP contribution in [0.5, 0.6) is 0 Å². The number of likely N-dealkylation sites (tertiary alicyclic amines) is 1. The fourth-order valence-corrected chi connectivity index (χ4v) is 2.99. The third kappa shape index (κ3) is 3.56. The summed E-state index contributed by atoms with van der Waals surface area (Å²) in [7, 11) is 0. The van der Waals surface area contributed by atoms with Gasteiger partial charge in [-0.2, -0.15) is 0 Å². The molecule has 2 heteroatoms. The van der Waals surface area contributed by atoms with Crippen LogP contribution in [0.1, 0.15) is 43.9 Å². The molecule has 2 unspecified atom stereocenters. The second kappa shape index (κ2) is 6.35. The molecule has 0 saturated carbocycles. The minimum absolute atomic E-state index is 0.434. The Kier molecular flexibility index (Phi) is 4.79. The highest BCUT2D eigenvalue weighted by Gasteiger charge is 2.16. The predicted molar refractivity (Wildman–Crippen MR) is 77.9 cm³/mol. The first kappa shape index (κ1) is 13.6. The van der Waals surface area contributed by atoms with Crippen LogP contribution in [0.3, 0.4) is 0 Å². The summed E-state index contributed by atoms with van der Waals surface area (Å²) in [4.78, 5) is 2.57. The average Bonchev–Trinajstić information content (AvgIpc) is 2.82. The van der Waals surface area contributed by atoms with Crippen molar-refractivity contribution in [3.05, 3.63) is 35.4 Å². The first-order chi connectivity index (χ1) is 8.66. The molecule has 1 heterocycles. The maximum Gasteiger partial charge on any atom is 0.0297 e. The second-order valence-electron chi connectivity index (χ2n) is 5.65. The van der Waals surface area contributed by atoms with Crippen molar-refractivity contribution in [1.82, 2.24) is 10.2 Å². The van der Waals surface area contributed by atoms with Crippen molar-refractivity contribution in [1.29, 1.82) is 0 Å². The number of aryl methyl sites for hydroxylation is 1. The van der Waals surface area contributed by atoms with E-state index in [-0.39, 0.29) is 0 Å². The molecule has 0 aliphatic carbocycles. The van der Waals surface area contributed by atoms with Crippen molar-refractivity contribution in [3.63, 3.8) is 0 Å². The molecular formula is C16H26N2. The Labute approximate surface area is 111 Å². The number of nitrogens with one attached hydrogen (secondary N) is 1. The van der Waals surface area contributed by atoms with Crippen molar-refractivity contribution in [2.75, 3.05) is 19.6 Å². The van der Waals surface area contributed by atoms with Gasteiger partial charge >= 0.3 is 0 Å². The Morgan fingerprint density at radius 3 is 2.50 bits per heavy atom. The molecule has 0 bridgehead atoms. The van der Waals surface area contributed by atoms with Crippen LogP contribution < -0.4 is 5.32 Å². The van der Waals surface area contributed by atoms with Gasteiger partial charge in [0.1, 0.15) is 0 Å². The zero-order chi connectivity index (χ0) is 13.0. The maximum atomic E-state index is 3.72. The van der Waals surface area contributed by atoms with E-state index in [1.165, 1.54) is 43.6 Å². The van der Waals surface area contributed by atoms with Crippen molar-refractivity contribution >= 4 is 0 Å². The summed E-state index contributed by atoms with van der Waals surface area (Å²) in [6.45, 7) is 10.5.